The van der Waals surface area contributed by atoms with Crippen LogP contribution in [-0.4, -0.2) is 37.0 Å². The van der Waals surface area contributed by atoms with Crippen LogP contribution in [0, 0.1) is 11.3 Å². The van der Waals surface area contributed by atoms with Crippen molar-refractivity contribution in [2.45, 2.75) is 27.7 Å². The van der Waals surface area contributed by atoms with Gasteiger partial charge in [0.1, 0.15) is 0 Å². The van der Waals surface area contributed by atoms with Gasteiger partial charge in [0.15, 0.2) is 0 Å². The molecule has 0 aromatic rings. The summed E-state index contributed by atoms with van der Waals surface area (Å²) in [5, 5.41) is 0. The standard InChI is InChI=1S/C13H23NO3/c1-7-8-14(12(16)13(3,4)5)9-10(2)11(15)17-6/h7,10H,1,8-9H2,2-6H3. The fourth-order valence-corrected chi connectivity index (χ4v) is 1.48. The average molecular weight is 241 g/mol. The monoisotopic (exact) mass is 241 g/mol. The minimum atomic E-state index is -0.459. The number of amides is 1. The van der Waals surface area contributed by atoms with Crippen LogP contribution in [0.4, 0.5) is 0 Å². The van der Waals surface area contributed by atoms with Crippen molar-refractivity contribution in [3.05, 3.63) is 12.7 Å². The predicted molar refractivity (Wildman–Crippen MR) is 67.4 cm³/mol. The SMILES string of the molecule is C=CCN(CC(C)C(=O)OC)C(=O)C(C)(C)C. The Balaban J connectivity index is 4.70. The first kappa shape index (κ1) is 15.7. The number of hydrogen-bond acceptors (Lipinski definition) is 3. The van der Waals surface area contributed by atoms with Crippen LogP contribution >= 0.6 is 0 Å². The zero-order valence-corrected chi connectivity index (χ0v) is 11.4. The molecule has 0 rings (SSSR count). The van der Waals surface area contributed by atoms with E-state index in [1.165, 1.54) is 7.11 Å². The molecule has 1 atom stereocenters. The van der Waals surface area contributed by atoms with E-state index >= 15 is 0 Å². The van der Waals surface area contributed by atoms with Gasteiger partial charge in [-0.1, -0.05) is 33.8 Å². The summed E-state index contributed by atoms with van der Waals surface area (Å²) in [5.41, 5.74) is -0.459. The molecule has 0 saturated carbocycles. The van der Waals surface area contributed by atoms with E-state index in [1.54, 1.807) is 17.9 Å². The molecule has 0 saturated heterocycles. The summed E-state index contributed by atoms with van der Waals surface area (Å²) in [6, 6.07) is 0. The molecular formula is C13H23NO3. The molecule has 1 amide bonds. The molecule has 0 aliphatic rings. The molecule has 0 aromatic carbocycles. The van der Waals surface area contributed by atoms with Gasteiger partial charge in [0, 0.05) is 18.5 Å². The van der Waals surface area contributed by atoms with Crippen LogP contribution in [-0.2, 0) is 14.3 Å². The van der Waals surface area contributed by atoms with Crippen molar-refractivity contribution in [3.8, 4) is 0 Å². The smallest absolute Gasteiger partial charge is 0.310 e. The summed E-state index contributed by atoms with van der Waals surface area (Å²) in [6.45, 7) is 11.7. The summed E-state index contributed by atoms with van der Waals surface area (Å²) in [7, 11) is 1.35. The third-order valence-corrected chi connectivity index (χ3v) is 2.38. The molecule has 0 spiro atoms. The first-order valence-corrected chi connectivity index (χ1v) is 5.72. The van der Waals surface area contributed by atoms with Gasteiger partial charge >= 0.3 is 5.97 Å². The molecule has 4 heteroatoms. The van der Waals surface area contributed by atoms with Gasteiger partial charge in [0.2, 0.25) is 5.91 Å². The summed E-state index contributed by atoms with van der Waals surface area (Å²) in [5.74, 6) is -0.625. The van der Waals surface area contributed by atoms with E-state index in [4.69, 9.17) is 0 Å². The lowest BCUT2D eigenvalue weighted by molar-refractivity contribution is -0.147. The van der Waals surface area contributed by atoms with E-state index in [2.05, 4.69) is 11.3 Å². The lowest BCUT2D eigenvalue weighted by Gasteiger charge is -2.30. The maximum atomic E-state index is 12.1. The summed E-state index contributed by atoms with van der Waals surface area (Å²) in [6.07, 6.45) is 1.66. The van der Waals surface area contributed by atoms with Gasteiger partial charge in [-0.2, -0.15) is 0 Å². The van der Waals surface area contributed by atoms with Gasteiger partial charge in [0.05, 0.1) is 13.0 Å². The number of rotatable bonds is 5. The zero-order valence-electron chi connectivity index (χ0n) is 11.4. The fraction of sp³-hybridized carbons (Fsp3) is 0.692. The van der Waals surface area contributed by atoms with Crippen molar-refractivity contribution < 1.29 is 14.3 Å². The number of nitrogens with zero attached hydrogens (tertiary/aromatic N) is 1. The van der Waals surface area contributed by atoms with Gasteiger partial charge in [0.25, 0.3) is 0 Å². The molecule has 0 aliphatic carbocycles. The first-order valence-electron chi connectivity index (χ1n) is 5.72. The van der Waals surface area contributed by atoms with Crippen molar-refractivity contribution in [1.82, 2.24) is 4.90 Å². The molecule has 0 N–H and O–H groups in total. The summed E-state index contributed by atoms with van der Waals surface area (Å²) >= 11 is 0. The Labute approximate surface area is 104 Å². The highest BCUT2D eigenvalue weighted by Gasteiger charge is 2.28. The second-order valence-electron chi connectivity index (χ2n) is 5.17. The predicted octanol–water partition coefficient (Wildman–Crippen LogP) is 1.86. The second-order valence-corrected chi connectivity index (χ2v) is 5.17. The van der Waals surface area contributed by atoms with Crippen molar-refractivity contribution in [3.63, 3.8) is 0 Å². The Hall–Kier alpha value is -1.32. The molecule has 0 fully saturated rings. The Bertz CT molecular complexity index is 292. The minimum Gasteiger partial charge on any atom is -0.469 e. The van der Waals surface area contributed by atoms with Crippen molar-refractivity contribution in [1.29, 1.82) is 0 Å². The van der Waals surface area contributed by atoms with Crippen LogP contribution < -0.4 is 0 Å². The molecule has 0 bridgehead atoms. The maximum Gasteiger partial charge on any atom is 0.310 e. The van der Waals surface area contributed by atoms with Crippen LogP contribution in [0.15, 0.2) is 12.7 Å². The van der Waals surface area contributed by atoms with E-state index in [0.29, 0.717) is 13.1 Å². The molecule has 0 aromatic heterocycles. The van der Waals surface area contributed by atoms with E-state index in [9.17, 15) is 9.59 Å². The van der Waals surface area contributed by atoms with E-state index in [0.717, 1.165) is 0 Å². The highest BCUT2D eigenvalue weighted by molar-refractivity contribution is 5.82. The summed E-state index contributed by atoms with van der Waals surface area (Å²) < 4.78 is 4.65. The average Bonchev–Trinajstić information content (AvgIpc) is 2.24. The van der Waals surface area contributed by atoms with Gasteiger partial charge in [-0.3, -0.25) is 9.59 Å². The van der Waals surface area contributed by atoms with E-state index in [1.807, 2.05) is 20.8 Å². The van der Waals surface area contributed by atoms with Crippen LogP contribution in [0.25, 0.3) is 0 Å². The molecular weight excluding hydrogens is 218 g/mol. The molecule has 0 aliphatic heterocycles. The lowest BCUT2D eigenvalue weighted by atomic mass is 9.94. The molecule has 17 heavy (non-hydrogen) atoms. The fourth-order valence-electron chi connectivity index (χ4n) is 1.48. The van der Waals surface area contributed by atoms with E-state index in [-0.39, 0.29) is 17.8 Å². The van der Waals surface area contributed by atoms with Crippen LogP contribution in [0.1, 0.15) is 27.7 Å². The number of carbonyl (C=O) groups excluding carboxylic acids is 2. The van der Waals surface area contributed by atoms with Gasteiger partial charge in [-0.15, -0.1) is 6.58 Å². The number of carbonyl (C=O) groups is 2. The molecule has 0 heterocycles. The number of esters is 1. The van der Waals surface area contributed by atoms with Gasteiger partial charge in [-0.05, 0) is 0 Å². The highest BCUT2D eigenvalue weighted by atomic mass is 16.5. The lowest BCUT2D eigenvalue weighted by Crippen LogP contribution is -2.43. The minimum absolute atomic E-state index is 0.00755. The molecule has 98 valence electrons. The Morgan fingerprint density at radius 3 is 2.29 bits per heavy atom. The topological polar surface area (TPSA) is 46.6 Å². The van der Waals surface area contributed by atoms with Crippen molar-refractivity contribution >= 4 is 11.9 Å². The quantitative estimate of drug-likeness (QED) is 0.545. The zero-order chi connectivity index (χ0) is 13.6. The normalized spacial score (nSPS) is 12.8. The third-order valence-electron chi connectivity index (χ3n) is 2.38. The van der Waals surface area contributed by atoms with Gasteiger partial charge < -0.3 is 9.64 Å². The second kappa shape index (κ2) is 6.42. The Kier molecular flexibility index (Phi) is 5.93. The van der Waals surface area contributed by atoms with Crippen LogP contribution in [0.2, 0.25) is 0 Å². The number of hydrogen-bond donors (Lipinski definition) is 0. The maximum absolute atomic E-state index is 12.1. The largest absolute Gasteiger partial charge is 0.469 e. The van der Waals surface area contributed by atoms with Crippen molar-refractivity contribution in [2.24, 2.45) is 11.3 Å². The summed E-state index contributed by atoms with van der Waals surface area (Å²) in [4.78, 5) is 25.1. The number of methoxy groups -OCH3 is 1. The molecule has 0 radical (unpaired) electrons. The third kappa shape index (κ3) is 5.02. The van der Waals surface area contributed by atoms with Crippen LogP contribution in [0.3, 0.4) is 0 Å². The molecule has 1 unspecified atom stereocenters. The Morgan fingerprint density at radius 2 is 1.94 bits per heavy atom. The molecule has 4 nitrogen and oxygen atoms in total. The van der Waals surface area contributed by atoms with E-state index < -0.39 is 5.41 Å². The highest BCUT2D eigenvalue weighted by Crippen LogP contribution is 2.18. The number of ether oxygens (including phenoxy) is 1. The van der Waals surface area contributed by atoms with Crippen LogP contribution in [0.5, 0.6) is 0 Å². The van der Waals surface area contributed by atoms with Gasteiger partial charge in [-0.25, -0.2) is 0 Å². The Morgan fingerprint density at radius 1 is 1.41 bits per heavy atom. The van der Waals surface area contributed by atoms with Crippen molar-refractivity contribution in [2.75, 3.05) is 20.2 Å². The first-order chi connectivity index (χ1) is 7.73.